The van der Waals surface area contributed by atoms with Crippen molar-refractivity contribution in [1.29, 1.82) is 0 Å². The van der Waals surface area contributed by atoms with Crippen LogP contribution in [-0.4, -0.2) is 61.4 Å². The Morgan fingerprint density at radius 2 is 2.00 bits per heavy atom. The molecule has 0 aromatic heterocycles. The Kier molecular flexibility index (Phi) is 3.95. The molecule has 1 saturated heterocycles. The number of piperidine rings is 1. The van der Waals surface area contributed by atoms with Crippen LogP contribution in [0.15, 0.2) is 12.1 Å². The smallest absolute Gasteiger partial charge is 0.303 e. The van der Waals surface area contributed by atoms with E-state index in [9.17, 15) is 9.59 Å². The SMILES string of the molecule is COc1ccc2c3c1O[C@H]1[C@@H](OC(C)=O)CC[C@@]4(OC(C)=O)[C@@H](C2)N(C)CC[C@]314. The molecule has 7 heteroatoms. The Balaban J connectivity index is 1.78. The monoisotopic (exact) mass is 401 g/mol. The Morgan fingerprint density at radius 3 is 2.69 bits per heavy atom. The summed E-state index contributed by atoms with van der Waals surface area (Å²) in [5.41, 5.74) is 1.03. The molecule has 156 valence electrons. The van der Waals surface area contributed by atoms with Gasteiger partial charge < -0.3 is 18.9 Å². The van der Waals surface area contributed by atoms with Crippen molar-refractivity contribution in [2.45, 2.75) is 68.8 Å². The van der Waals surface area contributed by atoms with Gasteiger partial charge in [0.1, 0.15) is 17.8 Å². The second kappa shape index (κ2) is 6.11. The summed E-state index contributed by atoms with van der Waals surface area (Å²) < 4.78 is 24.1. The molecule has 2 bridgehead atoms. The fourth-order valence-electron chi connectivity index (χ4n) is 6.62. The number of benzene rings is 1. The van der Waals surface area contributed by atoms with Crippen molar-refractivity contribution in [2.75, 3.05) is 20.7 Å². The summed E-state index contributed by atoms with van der Waals surface area (Å²) in [4.78, 5) is 26.5. The average Bonchev–Trinajstić information content (AvgIpc) is 3.01. The molecule has 2 aliphatic carbocycles. The molecule has 0 amide bonds. The quantitative estimate of drug-likeness (QED) is 0.717. The minimum atomic E-state index is -0.711. The van der Waals surface area contributed by atoms with Gasteiger partial charge in [0, 0.05) is 19.4 Å². The van der Waals surface area contributed by atoms with Crippen molar-refractivity contribution in [1.82, 2.24) is 4.90 Å². The van der Waals surface area contributed by atoms with E-state index in [1.807, 2.05) is 6.07 Å². The first-order valence-corrected chi connectivity index (χ1v) is 10.3. The van der Waals surface area contributed by atoms with Crippen molar-refractivity contribution < 1.29 is 28.5 Å². The van der Waals surface area contributed by atoms with Gasteiger partial charge in [-0.2, -0.15) is 0 Å². The van der Waals surface area contributed by atoms with Crippen LogP contribution in [0, 0.1) is 0 Å². The summed E-state index contributed by atoms with van der Waals surface area (Å²) in [6.45, 7) is 3.76. The predicted octanol–water partition coefficient (Wildman–Crippen LogP) is 1.98. The highest BCUT2D eigenvalue weighted by molar-refractivity contribution is 5.70. The standard InChI is InChI=1S/C22H27NO6/c1-12(24)27-16-7-8-22(29-13(2)25)17-11-14-5-6-15(26-4)19-18(14)21(22,20(16)28-19)9-10-23(17)3/h5-6,16-17,20H,7-11H2,1-4H3/t16-,17+,20-,21-,22+/m0/s1. The number of rotatable bonds is 3. The minimum Gasteiger partial charge on any atom is -0.493 e. The zero-order chi connectivity index (χ0) is 20.6. The second-order valence-electron chi connectivity index (χ2n) is 8.76. The summed E-state index contributed by atoms with van der Waals surface area (Å²) in [5.74, 6) is 0.782. The number of carbonyl (C=O) groups excluding carboxylic acids is 2. The van der Waals surface area contributed by atoms with Crippen molar-refractivity contribution in [3.05, 3.63) is 23.3 Å². The summed E-state index contributed by atoms with van der Waals surface area (Å²) >= 11 is 0. The molecule has 0 N–H and O–H groups in total. The van der Waals surface area contributed by atoms with Crippen LogP contribution in [0.1, 0.15) is 44.2 Å². The van der Waals surface area contributed by atoms with Crippen LogP contribution in [0.2, 0.25) is 0 Å². The van der Waals surface area contributed by atoms with Crippen LogP contribution in [0.25, 0.3) is 0 Å². The molecular weight excluding hydrogens is 374 g/mol. The molecule has 0 unspecified atom stereocenters. The molecule has 1 saturated carbocycles. The predicted molar refractivity (Wildman–Crippen MR) is 103 cm³/mol. The van der Waals surface area contributed by atoms with Crippen molar-refractivity contribution >= 4 is 11.9 Å². The van der Waals surface area contributed by atoms with E-state index in [-0.39, 0.29) is 24.1 Å². The van der Waals surface area contributed by atoms with Crippen LogP contribution in [0.3, 0.4) is 0 Å². The number of methoxy groups -OCH3 is 1. The lowest BCUT2D eigenvalue weighted by Crippen LogP contribution is -2.77. The highest BCUT2D eigenvalue weighted by Gasteiger charge is 2.75. The van der Waals surface area contributed by atoms with Crippen molar-refractivity contribution in [3.8, 4) is 11.5 Å². The molecule has 0 radical (unpaired) electrons. The number of ether oxygens (including phenoxy) is 4. The van der Waals surface area contributed by atoms with Crippen LogP contribution in [-0.2, 0) is 30.9 Å². The van der Waals surface area contributed by atoms with Gasteiger partial charge in [0.25, 0.3) is 0 Å². The third-order valence-corrected chi connectivity index (χ3v) is 7.48. The van der Waals surface area contributed by atoms with E-state index in [1.54, 1.807) is 7.11 Å². The van der Waals surface area contributed by atoms with Gasteiger partial charge in [-0.1, -0.05) is 6.07 Å². The highest BCUT2D eigenvalue weighted by Crippen LogP contribution is 2.66. The number of nitrogens with zero attached hydrogens (tertiary/aromatic N) is 1. The van der Waals surface area contributed by atoms with Crippen LogP contribution >= 0.6 is 0 Å². The molecule has 1 aromatic carbocycles. The van der Waals surface area contributed by atoms with Gasteiger partial charge in [0.2, 0.25) is 0 Å². The maximum atomic E-state index is 12.3. The van der Waals surface area contributed by atoms with E-state index in [0.29, 0.717) is 24.3 Å². The van der Waals surface area contributed by atoms with Gasteiger partial charge in [0.05, 0.1) is 18.6 Å². The number of carbonyl (C=O) groups is 2. The van der Waals surface area contributed by atoms with Gasteiger partial charge in [-0.15, -0.1) is 0 Å². The third kappa shape index (κ3) is 2.22. The highest BCUT2D eigenvalue weighted by atomic mass is 16.6. The zero-order valence-corrected chi connectivity index (χ0v) is 17.3. The van der Waals surface area contributed by atoms with Gasteiger partial charge in [0.15, 0.2) is 11.5 Å². The van der Waals surface area contributed by atoms with Crippen LogP contribution in [0.5, 0.6) is 11.5 Å². The molecule has 7 nitrogen and oxygen atoms in total. The number of esters is 2. The molecule has 1 aromatic rings. The first kappa shape index (κ1) is 18.7. The maximum Gasteiger partial charge on any atom is 0.303 e. The number of hydrogen-bond acceptors (Lipinski definition) is 7. The number of likely N-dealkylation sites (tertiary alicyclic amines) is 1. The van der Waals surface area contributed by atoms with E-state index < -0.39 is 17.1 Å². The van der Waals surface area contributed by atoms with Crippen LogP contribution < -0.4 is 9.47 Å². The molecule has 2 fully saturated rings. The maximum absolute atomic E-state index is 12.3. The summed E-state index contributed by atoms with van der Waals surface area (Å²) in [6.07, 6.45) is 1.99. The van der Waals surface area contributed by atoms with E-state index in [0.717, 1.165) is 24.9 Å². The Bertz CT molecular complexity index is 900. The van der Waals surface area contributed by atoms with E-state index in [4.69, 9.17) is 18.9 Å². The van der Waals surface area contributed by atoms with Gasteiger partial charge in [-0.05, 0) is 50.9 Å². The number of hydrogen-bond donors (Lipinski definition) is 0. The Morgan fingerprint density at radius 1 is 1.21 bits per heavy atom. The summed E-state index contributed by atoms with van der Waals surface area (Å²) in [7, 11) is 3.73. The van der Waals surface area contributed by atoms with Gasteiger partial charge in [-0.25, -0.2) is 0 Å². The van der Waals surface area contributed by atoms with Gasteiger partial charge >= 0.3 is 11.9 Å². The molecule has 29 heavy (non-hydrogen) atoms. The summed E-state index contributed by atoms with van der Waals surface area (Å²) in [5, 5.41) is 0. The fraction of sp³-hybridized carbons (Fsp3) is 0.636. The topological polar surface area (TPSA) is 74.3 Å². The lowest BCUT2D eigenvalue weighted by molar-refractivity contribution is -0.230. The molecule has 4 aliphatic rings. The van der Waals surface area contributed by atoms with E-state index in [2.05, 4.69) is 18.0 Å². The first-order valence-electron chi connectivity index (χ1n) is 10.3. The molecule has 5 atom stereocenters. The van der Waals surface area contributed by atoms with Crippen LogP contribution in [0.4, 0.5) is 0 Å². The number of likely N-dealkylation sites (N-methyl/N-ethyl adjacent to an activating group) is 1. The largest absolute Gasteiger partial charge is 0.493 e. The van der Waals surface area contributed by atoms with E-state index in [1.165, 1.54) is 19.4 Å². The first-order chi connectivity index (χ1) is 13.8. The molecular formula is C22H27NO6. The lowest BCUT2D eigenvalue weighted by Gasteiger charge is -2.64. The Hall–Kier alpha value is -2.28. The molecule has 5 rings (SSSR count). The normalized spacial score (nSPS) is 36.6. The lowest BCUT2D eigenvalue weighted by atomic mass is 9.48. The second-order valence-corrected chi connectivity index (χ2v) is 8.76. The summed E-state index contributed by atoms with van der Waals surface area (Å²) in [6, 6.07) is 4.10. The third-order valence-electron chi connectivity index (χ3n) is 7.48. The van der Waals surface area contributed by atoms with Crippen molar-refractivity contribution in [2.24, 2.45) is 0 Å². The molecule has 2 heterocycles. The average molecular weight is 401 g/mol. The Labute approximate surface area is 170 Å². The minimum absolute atomic E-state index is 0.0522. The van der Waals surface area contributed by atoms with Gasteiger partial charge in [-0.3, -0.25) is 14.5 Å². The van der Waals surface area contributed by atoms with E-state index >= 15 is 0 Å². The fourth-order valence-corrected chi connectivity index (χ4v) is 6.62. The molecule has 1 spiro atoms. The zero-order valence-electron chi connectivity index (χ0n) is 17.3. The molecule has 2 aliphatic heterocycles. The van der Waals surface area contributed by atoms with Crippen molar-refractivity contribution in [3.63, 3.8) is 0 Å².